The highest BCUT2D eigenvalue weighted by Crippen LogP contribution is 2.70. The number of allylic oxidation sites excluding steroid dienone is 1. The molecule has 0 aromatic heterocycles. The summed E-state index contributed by atoms with van der Waals surface area (Å²) in [5, 5.41) is 11.0. The van der Waals surface area contributed by atoms with E-state index in [9.17, 15) is 9.90 Å². The number of carboxylic acids is 1. The van der Waals surface area contributed by atoms with Crippen LogP contribution in [-0.2, 0) is 18.4 Å². The van der Waals surface area contributed by atoms with Crippen molar-refractivity contribution in [1.29, 1.82) is 0 Å². The Bertz CT molecular complexity index is 1850. The Kier molecular flexibility index (Phi) is 19.3. The molecule has 0 heterocycles. The SMILES string of the molecule is CCC(CCC(C)C1CCC2C3CC=C4CC(OC(CC[C@H](C)C5CCC6C7CCC8C[C@@H](CC(C)(C)C(=O)O)CC[C@@]8(C)C7CC[C@]65C)O[Si](C)(C)OCCCCCCBr)CCC4(C)C3CCC12C)C(C)C. The molecular weight excluding hydrogens is 981 g/mol. The van der Waals surface area contributed by atoms with Crippen LogP contribution in [0.2, 0.25) is 13.1 Å². The van der Waals surface area contributed by atoms with Gasteiger partial charge in [0, 0.05) is 11.9 Å². The molecule has 8 aliphatic carbocycles. The van der Waals surface area contributed by atoms with E-state index in [1.165, 1.54) is 141 Å². The van der Waals surface area contributed by atoms with Crippen LogP contribution < -0.4 is 0 Å². The highest BCUT2D eigenvalue weighted by Gasteiger charge is 2.62. The van der Waals surface area contributed by atoms with Crippen LogP contribution in [-0.4, -0.2) is 44.0 Å². The van der Waals surface area contributed by atoms with Crippen molar-refractivity contribution in [3.63, 3.8) is 0 Å². The molecule has 5 nitrogen and oxygen atoms in total. The number of halogens is 1. The van der Waals surface area contributed by atoms with Crippen molar-refractivity contribution in [2.75, 3.05) is 11.9 Å². The van der Waals surface area contributed by atoms with Crippen molar-refractivity contribution >= 4 is 30.5 Å². The van der Waals surface area contributed by atoms with Crippen LogP contribution in [0.4, 0.5) is 0 Å². The van der Waals surface area contributed by atoms with Crippen LogP contribution in [0.15, 0.2) is 11.6 Å². The Labute approximate surface area is 460 Å². The third-order valence-corrected chi connectivity index (χ3v) is 27.6. The van der Waals surface area contributed by atoms with Crippen LogP contribution in [0.25, 0.3) is 0 Å². The number of hydrogen-bond acceptors (Lipinski definition) is 4. The van der Waals surface area contributed by atoms with E-state index in [0.717, 1.165) is 115 Å². The van der Waals surface area contributed by atoms with Crippen LogP contribution in [0.3, 0.4) is 0 Å². The van der Waals surface area contributed by atoms with Crippen molar-refractivity contribution < 1.29 is 23.5 Å². The number of alkyl halides is 1. The molecule has 8 rings (SSSR count). The fourth-order valence-corrected chi connectivity index (χ4v) is 22.8. The molecule has 19 atom stereocenters. The van der Waals surface area contributed by atoms with Crippen molar-refractivity contribution in [3.05, 3.63) is 11.6 Å². The summed E-state index contributed by atoms with van der Waals surface area (Å²) >= 11 is 3.61. The molecule has 15 unspecified atom stereocenters. The zero-order valence-corrected chi connectivity index (χ0v) is 52.4. The van der Waals surface area contributed by atoms with Crippen LogP contribution >= 0.6 is 15.9 Å². The number of carboxylic acid groups (broad SMARTS) is 1. The maximum absolute atomic E-state index is 12.1. The number of fused-ring (bicyclic) bond motifs is 10. The maximum Gasteiger partial charge on any atom is 0.333 e. The maximum atomic E-state index is 12.1. The lowest BCUT2D eigenvalue weighted by Crippen LogP contribution is -2.54. The van der Waals surface area contributed by atoms with Gasteiger partial charge in [-0.05, 0) is 279 Å². The molecular formula is C66H115BrO5Si. The second-order valence-corrected chi connectivity index (χ2v) is 34.4. The first-order valence-corrected chi connectivity index (χ1v) is 35.9. The molecule has 0 aliphatic heterocycles. The molecule has 7 saturated carbocycles. The van der Waals surface area contributed by atoms with Gasteiger partial charge in [-0.1, -0.05) is 116 Å². The molecule has 0 spiro atoms. The second-order valence-electron chi connectivity index (χ2n) is 30.3. The molecule has 420 valence electrons. The normalized spacial score (nSPS) is 41.1. The summed E-state index contributed by atoms with van der Waals surface area (Å²) in [6, 6.07) is 0. The molecule has 73 heavy (non-hydrogen) atoms. The van der Waals surface area contributed by atoms with E-state index in [2.05, 4.69) is 97.4 Å². The van der Waals surface area contributed by atoms with Gasteiger partial charge in [0.15, 0.2) is 0 Å². The smallest absolute Gasteiger partial charge is 0.333 e. The fourth-order valence-electron chi connectivity index (χ4n) is 20.9. The molecule has 7 heteroatoms. The predicted octanol–water partition coefficient (Wildman–Crippen LogP) is 19.3. The summed E-state index contributed by atoms with van der Waals surface area (Å²) in [7, 11) is -2.43. The molecule has 0 amide bonds. The van der Waals surface area contributed by atoms with Gasteiger partial charge in [0.2, 0.25) is 0 Å². The molecule has 1 N–H and O–H groups in total. The highest BCUT2D eigenvalue weighted by molar-refractivity contribution is 9.09. The number of rotatable bonds is 24. The van der Waals surface area contributed by atoms with E-state index in [1.807, 2.05) is 13.8 Å². The number of carbonyl (C=O) groups is 1. The Morgan fingerprint density at radius 1 is 0.740 bits per heavy atom. The van der Waals surface area contributed by atoms with Gasteiger partial charge in [0.1, 0.15) is 6.29 Å². The Hall–Kier alpha value is -0.213. The first-order valence-electron chi connectivity index (χ1n) is 32.0. The minimum Gasteiger partial charge on any atom is -0.481 e. The Morgan fingerprint density at radius 2 is 1.36 bits per heavy atom. The van der Waals surface area contributed by atoms with E-state index in [0.29, 0.717) is 33.5 Å². The zero-order chi connectivity index (χ0) is 52.7. The van der Waals surface area contributed by atoms with E-state index in [4.69, 9.17) is 13.6 Å². The van der Waals surface area contributed by atoms with Gasteiger partial charge in [-0.2, -0.15) is 0 Å². The number of hydrogen-bond donors (Lipinski definition) is 1. The first kappa shape index (κ1) is 58.9. The van der Waals surface area contributed by atoms with Gasteiger partial charge in [0.25, 0.3) is 0 Å². The Morgan fingerprint density at radius 3 is 2.00 bits per heavy atom. The van der Waals surface area contributed by atoms with Gasteiger partial charge < -0.3 is 18.7 Å². The van der Waals surface area contributed by atoms with Crippen molar-refractivity contribution in [2.24, 2.45) is 110 Å². The van der Waals surface area contributed by atoms with Crippen LogP contribution in [0.5, 0.6) is 0 Å². The van der Waals surface area contributed by atoms with Gasteiger partial charge >= 0.3 is 14.5 Å². The van der Waals surface area contributed by atoms with Gasteiger partial charge in [0.05, 0.1) is 11.5 Å². The highest BCUT2D eigenvalue weighted by atomic mass is 79.9. The van der Waals surface area contributed by atoms with Crippen LogP contribution in [0.1, 0.15) is 250 Å². The number of aliphatic carboxylic acids is 1. The minimum absolute atomic E-state index is 0.197. The molecule has 0 aromatic rings. The van der Waals surface area contributed by atoms with Gasteiger partial charge in [-0.15, -0.1) is 0 Å². The average molecular weight is 1100 g/mol. The van der Waals surface area contributed by atoms with E-state index in [-0.39, 0.29) is 12.4 Å². The largest absolute Gasteiger partial charge is 0.481 e. The summed E-state index contributed by atoms with van der Waals surface area (Å²) in [5.74, 6) is 10.7. The minimum atomic E-state index is -2.43. The second kappa shape index (κ2) is 23.9. The van der Waals surface area contributed by atoms with Gasteiger partial charge in [-0.25, -0.2) is 0 Å². The molecule has 0 saturated heterocycles. The van der Waals surface area contributed by atoms with E-state index >= 15 is 0 Å². The lowest BCUT2D eigenvalue weighted by molar-refractivity contribution is -0.153. The quantitative estimate of drug-likeness (QED) is 0.0343. The zero-order valence-electron chi connectivity index (χ0n) is 49.8. The first-order chi connectivity index (χ1) is 34.5. The molecule has 0 radical (unpaired) electrons. The third kappa shape index (κ3) is 12.3. The van der Waals surface area contributed by atoms with Gasteiger partial charge in [-0.3, -0.25) is 4.79 Å². The standard InChI is InChI=1S/C66H115BrO5Si/c1-14-48(44(2)3)21-19-45(4)54-26-28-57-53-25-23-50-42-51(32-36-64(50,9)59(53)34-38-65(54,57)10)71-60(72-73(12,13)70-40-18-16-15-17-39-67)30-20-46(5)55-27-29-56-52-24-22-49-41-47(43-62(6,7)61(68)69)31-35-63(49,8)58(52)33-37-66(55,56)11/h23,44-49,51-60H,14-22,24-43H2,1-13H3,(H,68,69)/t45?,46-,47-,48?,49?,51?,52?,53?,54?,55?,56?,57?,58?,59?,60?,63+,64?,65?,66-/m0/s1. The monoisotopic (exact) mass is 1090 g/mol. The predicted molar refractivity (Wildman–Crippen MR) is 311 cm³/mol. The lowest BCUT2D eigenvalue weighted by Gasteiger charge is -2.61. The Balaban J connectivity index is 0.899. The van der Waals surface area contributed by atoms with Crippen molar-refractivity contribution in [1.82, 2.24) is 0 Å². The van der Waals surface area contributed by atoms with Crippen molar-refractivity contribution in [3.8, 4) is 0 Å². The summed E-state index contributed by atoms with van der Waals surface area (Å²) in [5.41, 5.74) is 2.81. The van der Waals surface area contributed by atoms with E-state index < -0.39 is 19.9 Å². The van der Waals surface area contributed by atoms with Crippen molar-refractivity contribution in [2.45, 2.75) is 275 Å². The molecule has 7 fully saturated rings. The van der Waals surface area contributed by atoms with E-state index in [1.54, 1.807) is 5.57 Å². The number of unbranched alkanes of at least 4 members (excludes halogenated alkanes) is 3. The lowest BCUT2D eigenvalue weighted by atomic mass is 9.43. The topological polar surface area (TPSA) is 65.0 Å². The molecule has 8 aliphatic rings. The molecule has 0 aromatic carbocycles. The van der Waals surface area contributed by atoms with Crippen LogP contribution in [0, 0.1) is 110 Å². The number of ether oxygens (including phenoxy) is 1. The summed E-state index contributed by atoms with van der Waals surface area (Å²) in [6.07, 6.45) is 37.5. The summed E-state index contributed by atoms with van der Waals surface area (Å²) < 4.78 is 21.3. The summed E-state index contributed by atoms with van der Waals surface area (Å²) in [4.78, 5) is 12.1. The summed E-state index contributed by atoms with van der Waals surface area (Å²) in [6.45, 7) is 32.7. The third-order valence-electron chi connectivity index (χ3n) is 25.3. The average Bonchev–Trinajstić information content (AvgIpc) is 3.88. The molecule has 0 bridgehead atoms. The fraction of sp³-hybridized carbons (Fsp3) is 0.955.